The van der Waals surface area contributed by atoms with Gasteiger partial charge in [-0.2, -0.15) is 0 Å². The molecule has 4 heteroatoms. The zero-order chi connectivity index (χ0) is 14.5. The second-order valence-corrected chi connectivity index (χ2v) is 5.58. The van der Waals surface area contributed by atoms with Gasteiger partial charge >= 0.3 is 0 Å². The topological polar surface area (TPSA) is 55.6 Å². The van der Waals surface area contributed by atoms with Gasteiger partial charge in [0.1, 0.15) is 0 Å². The molecule has 0 radical (unpaired) electrons. The zero-order valence-electron chi connectivity index (χ0n) is 12.3. The third-order valence-corrected chi connectivity index (χ3v) is 3.71. The van der Waals surface area contributed by atoms with Crippen molar-refractivity contribution in [2.45, 2.75) is 39.3 Å². The van der Waals surface area contributed by atoms with Gasteiger partial charge in [0.05, 0.1) is 18.6 Å². The summed E-state index contributed by atoms with van der Waals surface area (Å²) in [5.74, 6) is 0.235. The van der Waals surface area contributed by atoms with Crippen LogP contribution in [0.1, 0.15) is 32.3 Å². The fourth-order valence-corrected chi connectivity index (χ4v) is 2.63. The minimum Gasteiger partial charge on any atom is -0.399 e. The summed E-state index contributed by atoms with van der Waals surface area (Å²) in [5, 5.41) is 0. The van der Waals surface area contributed by atoms with Crippen LogP contribution in [0.3, 0.4) is 0 Å². The van der Waals surface area contributed by atoms with E-state index in [-0.39, 0.29) is 17.9 Å². The lowest BCUT2D eigenvalue weighted by Crippen LogP contribution is -2.36. The van der Waals surface area contributed by atoms with E-state index in [1.165, 1.54) is 0 Å². The predicted molar refractivity (Wildman–Crippen MR) is 80.1 cm³/mol. The molecule has 2 atom stereocenters. The molecule has 1 amide bonds. The van der Waals surface area contributed by atoms with E-state index < -0.39 is 0 Å². The SMILES string of the molecule is CCCN(Cc1ccc(N)cc1)C(=O)C1COC(C)C1. The van der Waals surface area contributed by atoms with E-state index in [0.717, 1.165) is 30.6 Å². The van der Waals surface area contributed by atoms with Crippen LogP contribution in [0.5, 0.6) is 0 Å². The average molecular weight is 276 g/mol. The van der Waals surface area contributed by atoms with E-state index in [1.54, 1.807) is 0 Å². The maximum Gasteiger partial charge on any atom is 0.228 e. The number of amides is 1. The minimum atomic E-state index is 0.0188. The van der Waals surface area contributed by atoms with E-state index in [1.807, 2.05) is 36.1 Å². The lowest BCUT2D eigenvalue weighted by Gasteiger charge is -2.25. The van der Waals surface area contributed by atoms with Gasteiger partial charge in [-0.15, -0.1) is 0 Å². The Bertz CT molecular complexity index is 444. The zero-order valence-corrected chi connectivity index (χ0v) is 12.3. The highest BCUT2D eigenvalue weighted by Crippen LogP contribution is 2.22. The molecule has 1 heterocycles. The Morgan fingerprint density at radius 2 is 2.10 bits per heavy atom. The van der Waals surface area contributed by atoms with E-state index in [2.05, 4.69) is 6.92 Å². The molecule has 4 nitrogen and oxygen atoms in total. The van der Waals surface area contributed by atoms with Crippen molar-refractivity contribution in [3.63, 3.8) is 0 Å². The van der Waals surface area contributed by atoms with E-state index in [4.69, 9.17) is 10.5 Å². The first kappa shape index (κ1) is 14.9. The number of benzene rings is 1. The van der Waals surface area contributed by atoms with Crippen LogP contribution in [0.2, 0.25) is 0 Å². The van der Waals surface area contributed by atoms with Gasteiger partial charge in [-0.25, -0.2) is 0 Å². The van der Waals surface area contributed by atoms with Crippen LogP contribution in [-0.4, -0.2) is 30.1 Å². The van der Waals surface area contributed by atoms with Crippen LogP contribution in [0.25, 0.3) is 0 Å². The number of carbonyl (C=O) groups excluding carboxylic acids is 1. The lowest BCUT2D eigenvalue weighted by molar-refractivity contribution is -0.136. The molecule has 1 fully saturated rings. The van der Waals surface area contributed by atoms with Crippen LogP contribution < -0.4 is 5.73 Å². The van der Waals surface area contributed by atoms with Crippen molar-refractivity contribution in [3.05, 3.63) is 29.8 Å². The Balaban J connectivity index is 2.02. The Kier molecular flexibility index (Phi) is 5.01. The molecule has 1 aliphatic rings. The normalized spacial score (nSPS) is 21.9. The second-order valence-electron chi connectivity index (χ2n) is 5.58. The number of nitrogens with two attached hydrogens (primary N) is 1. The number of nitrogens with zero attached hydrogens (tertiary/aromatic N) is 1. The summed E-state index contributed by atoms with van der Waals surface area (Å²) in [6, 6.07) is 7.73. The van der Waals surface area contributed by atoms with E-state index in [0.29, 0.717) is 13.2 Å². The summed E-state index contributed by atoms with van der Waals surface area (Å²) in [6.07, 6.45) is 1.99. The van der Waals surface area contributed by atoms with E-state index >= 15 is 0 Å². The van der Waals surface area contributed by atoms with Crippen molar-refractivity contribution >= 4 is 11.6 Å². The maximum absolute atomic E-state index is 12.6. The minimum absolute atomic E-state index is 0.0188. The Morgan fingerprint density at radius 1 is 1.40 bits per heavy atom. The molecule has 2 rings (SSSR count). The molecular formula is C16H24N2O2. The molecule has 0 aliphatic carbocycles. The maximum atomic E-state index is 12.6. The smallest absolute Gasteiger partial charge is 0.228 e. The number of carbonyl (C=O) groups is 1. The molecule has 1 saturated heterocycles. The molecule has 1 aromatic rings. The number of hydrogen-bond acceptors (Lipinski definition) is 3. The molecule has 20 heavy (non-hydrogen) atoms. The summed E-state index contributed by atoms with van der Waals surface area (Å²) >= 11 is 0. The Hall–Kier alpha value is -1.55. The molecule has 0 spiro atoms. The third-order valence-electron chi connectivity index (χ3n) is 3.71. The third kappa shape index (κ3) is 3.73. The Morgan fingerprint density at radius 3 is 2.65 bits per heavy atom. The van der Waals surface area contributed by atoms with Gasteiger partial charge in [-0.05, 0) is 37.5 Å². The number of ether oxygens (including phenoxy) is 1. The fourth-order valence-electron chi connectivity index (χ4n) is 2.63. The summed E-state index contributed by atoms with van der Waals surface area (Å²) < 4.78 is 5.52. The molecule has 1 aromatic carbocycles. The molecule has 0 saturated carbocycles. The fraction of sp³-hybridized carbons (Fsp3) is 0.562. The highest BCUT2D eigenvalue weighted by atomic mass is 16.5. The monoisotopic (exact) mass is 276 g/mol. The highest BCUT2D eigenvalue weighted by molar-refractivity contribution is 5.79. The Labute approximate surface area is 120 Å². The molecule has 0 aromatic heterocycles. The van der Waals surface area contributed by atoms with Gasteiger partial charge in [0.15, 0.2) is 0 Å². The van der Waals surface area contributed by atoms with Crippen molar-refractivity contribution in [2.75, 3.05) is 18.9 Å². The van der Waals surface area contributed by atoms with Crippen molar-refractivity contribution in [2.24, 2.45) is 5.92 Å². The van der Waals surface area contributed by atoms with Crippen molar-refractivity contribution in [1.29, 1.82) is 0 Å². The van der Waals surface area contributed by atoms with Gasteiger partial charge in [0.25, 0.3) is 0 Å². The predicted octanol–water partition coefficient (Wildman–Crippen LogP) is 2.43. The van der Waals surface area contributed by atoms with Crippen LogP contribution >= 0.6 is 0 Å². The van der Waals surface area contributed by atoms with Crippen molar-refractivity contribution in [3.8, 4) is 0 Å². The van der Waals surface area contributed by atoms with Gasteiger partial charge in [-0.3, -0.25) is 4.79 Å². The summed E-state index contributed by atoms with van der Waals surface area (Å²) in [5.41, 5.74) is 7.56. The van der Waals surface area contributed by atoms with Gasteiger partial charge in [0, 0.05) is 18.8 Å². The van der Waals surface area contributed by atoms with Crippen molar-refractivity contribution in [1.82, 2.24) is 4.90 Å². The number of rotatable bonds is 5. The molecule has 2 N–H and O–H groups in total. The molecule has 2 unspecified atom stereocenters. The second kappa shape index (κ2) is 6.75. The standard InChI is InChI=1S/C16H24N2O2/c1-3-8-18(10-13-4-6-15(17)7-5-13)16(19)14-9-12(2)20-11-14/h4-7,12,14H,3,8-11,17H2,1-2H3. The first-order chi connectivity index (χ1) is 9.60. The molecule has 1 aliphatic heterocycles. The van der Waals surface area contributed by atoms with Gasteiger partial charge in [-0.1, -0.05) is 19.1 Å². The van der Waals surface area contributed by atoms with Crippen LogP contribution in [0.4, 0.5) is 5.69 Å². The number of nitrogen functional groups attached to an aromatic ring is 1. The highest BCUT2D eigenvalue weighted by Gasteiger charge is 2.31. The number of hydrogen-bond donors (Lipinski definition) is 1. The molecule has 110 valence electrons. The molecular weight excluding hydrogens is 252 g/mol. The first-order valence-electron chi connectivity index (χ1n) is 7.35. The molecule has 0 bridgehead atoms. The van der Waals surface area contributed by atoms with Crippen molar-refractivity contribution < 1.29 is 9.53 Å². The summed E-state index contributed by atoms with van der Waals surface area (Å²) in [7, 11) is 0. The lowest BCUT2D eigenvalue weighted by atomic mass is 10.0. The quantitative estimate of drug-likeness (QED) is 0.840. The van der Waals surface area contributed by atoms with E-state index in [9.17, 15) is 4.79 Å². The van der Waals surface area contributed by atoms with Crippen LogP contribution in [0, 0.1) is 5.92 Å². The van der Waals surface area contributed by atoms with Crippen LogP contribution in [-0.2, 0) is 16.1 Å². The average Bonchev–Trinajstić information content (AvgIpc) is 2.86. The van der Waals surface area contributed by atoms with Gasteiger partial charge < -0.3 is 15.4 Å². The number of anilines is 1. The summed E-state index contributed by atoms with van der Waals surface area (Å²) in [6.45, 7) is 6.11. The van der Waals surface area contributed by atoms with Crippen LogP contribution in [0.15, 0.2) is 24.3 Å². The summed E-state index contributed by atoms with van der Waals surface area (Å²) in [4.78, 5) is 14.5. The first-order valence-corrected chi connectivity index (χ1v) is 7.35. The largest absolute Gasteiger partial charge is 0.399 e. The van der Waals surface area contributed by atoms with Gasteiger partial charge in [0.2, 0.25) is 5.91 Å².